The van der Waals surface area contributed by atoms with E-state index in [0.717, 1.165) is 18.1 Å². The molecule has 0 saturated carbocycles. The van der Waals surface area contributed by atoms with E-state index in [1.54, 1.807) is 18.2 Å². The zero-order valence-corrected chi connectivity index (χ0v) is 8.41. The molecule has 0 aliphatic heterocycles. The summed E-state index contributed by atoms with van der Waals surface area (Å²) in [5.74, 6) is 0.627. The molecule has 0 unspecified atom stereocenters. The summed E-state index contributed by atoms with van der Waals surface area (Å²) in [4.78, 5) is 21.1. The van der Waals surface area contributed by atoms with E-state index in [-0.39, 0.29) is 0 Å². The van der Waals surface area contributed by atoms with Gasteiger partial charge in [0, 0.05) is 16.9 Å². The first-order valence-electron chi connectivity index (χ1n) is 4.13. The van der Waals surface area contributed by atoms with E-state index in [1.807, 2.05) is 12.2 Å². The van der Waals surface area contributed by atoms with Crippen LogP contribution in [0.5, 0.6) is 0 Å². The molecule has 0 spiro atoms. The van der Waals surface area contributed by atoms with Crippen LogP contribution in [0.1, 0.15) is 26.3 Å². The zero-order chi connectivity index (χ0) is 10.4. The Morgan fingerprint density at radius 3 is 1.93 bits per heavy atom. The van der Waals surface area contributed by atoms with Gasteiger partial charge in [0.2, 0.25) is 0 Å². The first kappa shape index (κ1) is 10.7. The van der Waals surface area contributed by atoms with Crippen LogP contribution in [0, 0.1) is 0 Å². The van der Waals surface area contributed by atoms with Crippen molar-refractivity contribution in [1.29, 1.82) is 0 Å². The van der Waals surface area contributed by atoms with Gasteiger partial charge in [0.15, 0.2) is 0 Å². The normalized spacial score (nSPS) is 10.4. The topological polar surface area (TPSA) is 34.1 Å². The summed E-state index contributed by atoms with van der Waals surface area (Å²) in [6.45, 7) is 0. The predicted molar refractivity (Wildman–Crippen MR) is 60.1 cm³/mol. The van der Waals surface area contributed by atoms with Crippen LogP contribution < -0.4 is 0 Å². The second-order valence-electron chi connectivity index (χ2n) is 2.75. The molecular weight excluding hydrogens is 196 g/mol. The van der Waals surface area contributed by atoms with Gasteiger partial charge in [-0.2, -0.15) is 12.6 Å². The third-order valence-corrected chi connectivity index (χ3v) is 1.90. The molecule has 14 heavy (non-hydrogen) atoms. The molecule has 0 aliphatic rings. The Balaban J connectivity index is 3.10. The molecule has 0 radical (unpaired) electrons. The predicted octanol–water partition coefficient (Wildman–Crippen LogP) is 2.25. The summed E-state index contributed by atoms with van der Waals surface area (Å²) in [5.41, 5.74) is 1.85. The number of hydrogen-bond acceptors (Lipinski definition) is 3. The van der Waals surface area contributed by atoms with Gasteiger partial charge >= 0.3 is 0 Å². The summed E-state index contributed by atoms with van der Waals surface area (Å²) in [6.07, 6.45) is 5.13. The van der Waals surface area contributed by atoms with Crippen LogP contribution in [0.2, 0.25) is 0 Å². The lowest BCUT2D eigenvalue weighted by molar-refractivity contribution is 0.112. The second-order valence-corrected chi connectivity index (χ2v) is 3.12. The van der Waals surface area contributed by atoms with Crippen molar-refractivity contribution in [3.8, 4) is 0 Å². The molecule has 0 amide bonds. The zero-order valence-electron chi connectivity index (χ0n) is 7.51. The summed E-state index contributed by atoms with van der Waals surface area (Å²) in [5, 5.41) is 0. The van der Waals surface area contributed by atoms with Gasteiger partial charge in [-0.25, -0.2) is 0 Å². The molecule has 0 aliphatic carbocycles. The van der Waals surface area contributed by atoms with Gasteiger partial charge < -0.3 is 0 Å². The minimum absolute atomic E-state index is 0.508. The van der Waals surface area contributed by atoms with Crippen molar-refractivity contribution in [1.82, 2.24) is 0 Å². The number of carbonyl (C=O) groups excluding carboxylic acids is 2. The quantitative estimate of drug-likeness (QED) is 0.605. The monoisotopic (exact) mass is 206 g/mol. The van der Waals surface area contributed by atoms with Crippen LogP contribution in [0.25, 0.3) is 6.08 Å². The third kappa shape index (κ3) is 2.85. The molecule has 0 saturated heterocycles. The standard InChI is InChI=1S/C11H10O2S/c12-7-10-4-9(2-1-3-14)5-11(6-10)8-13/h1-2,4-8,14H,3H2. The Hall–Kier alpha value is -1.35. The molecule has 2 nitrogen and oxygen atoms in total. The number of aldehydes is 2. The van der Waals surface area contributed by atoms with Gasteiger partial charge in [-0.05, 0) is 23.8 Å². The van der Waals surface area contributed by atoms with Crippen LogP contribution in [-0.2, 0) is 0 Å². The van der Waals surface area contributed by atoms with E-state index >= 15 is 0 Å². The highest BCUT2D eigenvalue weighted by atomic mass is 32.1. The van der Waals surface area contributed by atoms with Crippen LogP contribution in [0.4, 0.5) is 0 Å². The molecule has 0 bridgehead atoms. The number of thiol groups is 1. The molecule has 0 atom stereocenters. The van der Waals surface area contributed by atoms with E-state index in [9.17, 15) is 9.59 Å². The fraction of sp³-hybridized carbons (Fsp3) is 0.0909. The summed E-state index contributed by atoms with van der Waals surface area (Å²) < 4.78 is 0. The second kappa shape index (κ2) is 5.40. The van der Waals surface area contributed by atoms with Crippen molar-refractivity contribution in [2.45, 2.75) is 0 Å². The number of benzene rings is 1. The van der Waals surface area contributed by atoms with Gasteiger partial charge in [-0.1, -0.05) is 12.2 Å². The molecular formula is C11H10O2S. The van der Waals surface area contributed by atoms with E-state index in [2.05, 4.69) is 12.6 Å². The largest absolute Gasteiger partial charge is 0.298 e. The molecule has 3 heteroatoms. The van der Waals surface area contributed by atoms with Crippen molar-refractivity contribution < 1.29 is 9.59 Å². The molecule has 0 fully saturated rings. The number of rotatable bonds is 4. The highest BCUT2D eigenvalue weighted by Gasteiger charge is 1.97. The Bertz CT molecular complexity index is 343. The average Bonchev–Trinajstić information content (AvgIpc) is 2.25. The van der Waals surface area contributed by atoms with E-state index < -0.39 is 0 Å². The summed E-state index contributed by atoms with van der Waals surface area (Å²) in [7, 11) is 0. The van der Waals surface area contributed by atoms with Gasteiger partial charge in [0.05, 0.1) is 0 Å². The van der Waals surface area contributed by atoms with Crippen molar-refractivity contribution in [3.63, 3.8) is 0 Å². The van der Waals surface area contributed by atoms with E-state index in [1.165, 1.54) is 0 Å². The molecule has 0 heterocycles. The Labute approximate surface area is 88.0 Å². The Kier molecular flexibility index (Phi) is 4.13. The van der Waals surface area contributed by atoms with Crippen LogP contribution in [-0.4, -0.2) is 18.3 Å². The molecule has 1 rings (SSSR count). The lowest BCUT2D eigenvalue weighted by atomic mass is 10.1. The minimum atomic E-state index is 0.508. The molecule has 1 aromatic carbocycles. The van der Waals surface area contributed by atoms with Crippen LogP contribution in [0.15, 0.2) is 24.3 Å². The smallest absolute Gasteiger partial charge is 0.150 e. The van der Waals surface area contributed by atoms with E-state index in [0.29, 0.717) is 16.9 Å². The van der Waals surface area contributed by atoms with Gasteiger partial charge in [-0.3, -0.25) is 9.59 Å². The SMILES string of the molecule is O=Cc1cc(C=O)cc(C=CCS)c1. The van der Waals surface area contributed by atoms with Crippen LogP contribution >= 0.6 is 12.6 Å². The highest BCUT2D eigenvalue weighted by Crippen LogP contribution is 2.09. The maximum atomic E-state index is 10.5. The lowest BCUT2D eigenvalue weighted by Gasteiger charge is -1.97. The average molecular weight is 206 g/mol. The lowest BCUT2D eigenvalue weighted by Crippen LogP contribution is -1.87. The summed E-state index contributed by atoms with van der Waals surface area (Å²) in [6, 6.07) is 5.00. The maximum absolute atomic E-state index is 10.5. The first-order chi connectivity index (χ1) is 6.80. The molecule has 0 aromatic heterocycles. The minimum Gasteiger partial charge on any atom is -0.298 e. The van der Waals surface area contributed by atoms with Crippen molar-refractivity contribution in [2.75, 3.05) is 5.75 Å². The van der Waals surface area contributed by atoms with Gasteiger partial charge in [0.25, 0.3) is 0 Å². The summed E-state index contributed by atoms with van der Waals surface area (Å²) >= 11 is 4.02. The molecule has 1 aromatic rings. The number of hydrogen-bond donors (Lipinski definition) is 1. The van der Waals surface area contributed by atoms with E-state index in [4.69, 9.17) is 0 Å². The first-order valence-corrected chi connectivity index (χ1v) is 4.76. The number of carbonyl (C=O) groups is 2. The Morgan fingerprint density at radius 1 is 1.00 bits per heavy atom. The highest BCUT2D eigenvalue weighted by molar-refractivity contribution is 7.80. The van der Waals surface area contributed by atoms with Crippen molar-refractivity contribution in [2.24, 2.45) is 0 Å². The van der Waals surface area contributed by atoms with Crippen molar-refractivity contribution >= 4 is 31.3 Å². The Morgan fingerprint density at radius 2 is 1.50 bits per heavy atom. The third-order valence-electron chi connectivity index (χ3n) is 1.69. The maximum Gasteiger partial charge on any atom is 0.150 e. The van der Waals surface area contributed by atoms with Crippen molar-refractivity contribution in [3.05, 3.63) is 41.0 Å². The van der Waals surface area contributed by atoms with Gasteiger partial charge in [0.1, 0.15) is 12.6 Å². The van der Waals surface area contributed by atoms with Gasteiger partial charge in [-0.15, -0.1) is 0 Å². The fourth-order valence-corrected chi connectivity index (χ4v) is 1.23. The molecule has 0 N–H and O–H groups in total. The van der Waals surface area contributed by atoms with Crippen LogP contribution in [0.3, 0.4) is 0 Å². The molecule has 72 valence electrons. The fourth-order valence-electron chi connectivity index (χ4n) is 1.12.